The molecular formula is C20H30N2O3. The maximum absolute atomic E-state index is 12.3. The Hall–Kier alpha value is -1.59. The quantitative estimate of drug-likeness (QED) is 0.872. The van der Waals surface area contributed by atoms with Crippen LogP contribution in [0.3, 0.4) is 0 Å². The largest absolute Gasteiger partial charge is 0.391 e. The molecule has 1 aliphatic heterocycles. The molecule has 2 fully saturated rings. The predicted octanol–water partition coefficient (Wildman–Crippen LogP) is 3.77. The topological polar surface area (TPSA) is 61.8 Å². The van der Waals surface area contributed by atoms with E-state index in [1.54, 1.807) is 4.90 Å². The van der Waals surface area contributed by atoms with Crippen LogP contribution in [0.4, 0.5) is 10.5 Å². The van der Waals surface area contributed by atoms with E-state index in [2.05, 4.69) is 12.2 Å². The van der Waals surface area contributed by atoms with Gasteiger partial charge in [-0.2, -0.15) is 0 Å². The van der Waals surface area contributed by atoms with Gasteiger partial charge in [-0.15, -0.1) is 0 Å². The van der Waals surface area contributed by atoms with Crippen molar-refractivity contribution in [3.63, 3.8) is 0 Å². The SMILES string of the molecule is C[C@@H]1CCC[C@@H](OCc2cccc(NC(=O)N3CCC[C@H](O)C3)c2)C1. The van der Waals surface area contributed by atoms with Crippen molar-refractivity contribution in [3.05, 3.63) is 29.8 Å². The third-order valence-electron chi connectivity index (χ3n) is 5.24. The van der Waals surface area contributed by atoms with Crippen LogP contribution in [0.25, 0.3) is 0 Å². The summed E-state index contributed by atoms with van der Waals surface area (Å²) in [6.07, 6.45) is 6.44. The maximum Gasteiger partial charge on any atom is 0.321 e. The van der Waals surface area contributed by atoms with Gasteiger partial charge in [0, 0.05) is 18.8 Å². The van der Waals surface area contributed by atoms with Crippen LogP contribution in [0.1, 0.15) is 51.0 Å². The van der Waals surface area contributed by atoms with E-state index in [4.69, 9.17) is 4.74 Å². The van der Waals surface area contributed by atoms with Gasteiger partial charge in [0.1, 0.15) is 0 Å². The maximum atomic E-state index is 12.3. The van der Waals surface area contributed by atoms with Gasteiger partial charge in [-0.3, -0.25) is 0 Å². The molecule has 3 rings (SSSR count). The summed E-state index contributed by atoms with van der Waals surface area (Å²) in [6.45, 7) is 3.99. The van der Waals surface area contributed by atoms with E-state index < -0.39 is 6.10 Å². The zero-order valence-corrected chi connectivity index (χ0v) is 15.1. The normalized spacial score (nSPS) is 27.1. The molecule has 1 aliphatic carbocycles. The molecule has 1 aromatic rings. The van der Waals surface area contributed by atoms with Gasteiger partial charge in [0.25, 0.3) is 0 Å². The lowest BCUT2D eigenvalue weighted by Crippen LogP contribution is -2.44. The van der Waals surface area contributed by atoms with E-state index in [1.165, 1.54) is 12.8 Å². The van der Waals surface area contributed by atoms with Crippen molar-refractivity contribution in [2.75, 3.05) is 18.4 Å². The molecule has 1 saturated heterocycles. The van der Waals surface area contributed by atoms with Gasteiger partial charge < -0.3 is 20.1 Å². The number of ether oxygens (including phenoxy) is 1. The van der Waals surface area contributed by atoms with E-state index >= 15 is 0 Å². The van der Waals surface area contributed by atoms with Crippen LogP contribution in [0.15, 0.2) is 24.3 Å². The van der Waals surface area contributed by atoms with Crippen molar-refractivity contribution in [3.8, 4) is 0 Å². The fourth-order valence-electron chi connectivity index (χ4n) is 3.82. The van der Waals surface area contributed by atoms with Crippen molar-refractivity contribution in [2.24, 2.45) is 5.92 Å². The lowest BCUT2D eigenvalue weighted by Gasteiger charge is -2.30. The zero-order chi connectivity index (χ0) is 17.6. The number of rotatable bonds is 4. The average molecular weight is 346 g/mol. The monoisotopic (exact) mass is 346 g/mol. The van der Waals surface area contributed by atoms with E-state index in [0.29, 0.717) is 25.8 Å². The molecule has 1 saturated carbocycles. The molecule has 0 spiro atoms. The van der Waals surface area contributed by atoms with Gasteiger partial charge in [0.2, 0.25) is 0 Å². The number of amides is 2. The van der Waals surface area contributed by atoms with Gasteiger partial charge in [-0.25, -0.2) is 4.79 Å². The Morgan fingerprint density at radius 3 is 3.00 bits per heavy atom. The molecule has 2 aliphatic rings. The Kier molecular flexibility index (Phi) is 6.32. The number of nitrogens with one attached hydrogen (secondary N) is 1. The highest BCUT2D eigenvalue weighted by Crippen LogP contribution is 2.26. The second-order valence-corrected chi connectivity index (χ2v) is 7.58. The van der Waals surface area contributed by atoms with E-state index in [-0.39, 0.29) is 6.03 Å². The van der Waals surface area contributed by atoms with Crippen LogP contribution >= 0.6 is 0 Å². The first kappa shape index (κ1) is 18.2. The number of β-amino-alcohol motifs (C(OH)–C–C–N with tert-alkyl or cyclic N) is 1. The molecule has 25 heavy (non-hydrogen) atoms. The fraction of sp³-hybridized carbons (Fsp3) is 0.650. The summed E-state index contributed by atoms with van der Waals surface area (Å²) in [5, 5.41) is 12.7. The van der Waals surface area contributed by atoms with Crippen molar-refractivity contribution in [1.82, 2.24) is 4.90 Å². The minimum Gasteiger partial charge on any atom is -0.391 e. The Morgan fingerprint density at radius 2 is 2.20 bits per heavy atom. The van der Waals surface area contributed by atoms with Gasteiger partial charge >= 0.3 is 6.03 Å². The molecule has 3 atom stereocenters. The predicted molar refractivity (Wildman–Crippen MR) is 98.5 cm³/mol. The summed E-state index contributed by atoms with van der Waals surface area (Å²) in [5.41, 5.74) is 1.86. The molecule has 1 aromatic carbocycles. The Labute approximate surface area is 150 Å². The Balaban J connectivity index is 1.51. The molecule has 5 nitrogen and oxygen atoms in total. The Morgan fingerprint density at radius 1 is 1.32 bits per heavy atom. The number of aliphatic hydroxyl groups excluding tert-OH is 1. The number of anilines is 1. The summed E-state index contributed by atoms with van der Waals surface area (Å²) in [7, 11) is 0. The van der Waals surface area contributed by atoms with Crippen LogP contribution in [-0.4, -0.2) is 41.3 Å². The summed E-state index contributed by atoms with van der Waals surface area (Å²) in [4.78, 5) is 14.0. The number of hydrogen-bond acceptors (Lipinski definition) is 3. The van der Waals surface area contributed by atoms with Crippen molar-refractivity contribution in [1.29, 1.82) is 0 Å². The molecule has 0 radical (unpaired) electrons. The lowest BCUT2D eigenvalue weighted by molar-refractivity contribution is 0.00468. The lowest BCUT2D eigenvalue weighted by atomic mass is 9.89. The minimum absolute atomic E-state index is 0.141. The second-order valence-electron chi connectivity index (χ2n) is 7.58. The third-order valence-corrected chi connectivity index (χ3v) is 5.24. The van der Waals surface area contributed by atoms with Crippen LogP contribution in [0, 0.1) is 5.92 Å². The molecule has 1 heterocycles. The number of likely N-dealkylation sites (tertiary alicyclic amines) is 1. The number of aliphatic hydroxyl groups is 1. The second kappa shape index (κ2) is 8.68. The molecule has 138 valence electrons. The van der Waals surface area contributed by atoms with E-state index in [0.717, 1.165) is 42.9 Å². The van der Waals surface area contributed by atoms with E-state index in [9.17, 15) is 9.90 Å². The van der Waals surface area contributed by atoms with E-state index in [1.807, 2.05) is 24.3 Å². The number of benzene rings is 1. The first-order chi connectivity index (χ1) is 12.1. The van der Waals surface area contributed by atoms with Crippen LogP contribution in [-0.2, 0) is 11.3 Å². The van der Waals surface area contributed by atoms with Crippen molar-refractivity contribution < 1.29 is 14.6 Å². The van der Waals surface area contributed by atoms with Crippen LogP contribution in [0.5, 0.6) is 0 Å². The number of piperidine rings is 1. The smallest absolute Gasteiger partial charge is 0.321 e. The first-order valence-electron chi connectivity index (χ1n) is 9.54. The summed E-state index contributed by atoms with van der Waals surface area (Å²) < 4.78 is 6.07. The molecule has 0 bridgehead atoms. The zero-order valence-electron chi connectivity index (χ0n) is 15.1. The number of nitrogens with zero attached hydrogens (tertiary/aromatic N) is 1. The van der Waals surface area contributed by atoms with Gasteiger partial charge in [0.05, 0.1) is 18.8 Å². The van der Waals surface area contributed by atoms with Gasteiger partial charge in [0.15, 0.2) is 0 Å². The molecule has 0 aromatic heterocycles. The minimum atomic E-state index is -0.405. The molecule has 0 unspecified atom stereocenters. The highest BCUT2D eigenvalue weighted by atomic mass is 16.5. The summed E-state index contributed by atoms with van der Waals surface area (Å²) in [6, 6.07) is 7.71. The van der Waals surface area contributed by atoms with Crippen LogP contribution < -0.4 is 5.32 Å². The summed E-state index contributed by atoms with van der Waals surface area (Å²) in [5.74, 6) is 0.754. The number of carbonyl (C=O) groups excluding carboxylic acids is 1. The Bertz CT molecular complexity index is 578. The fourth-order valence-corrected chi connectivity index (χ4v) is 3.82. The highest BCUT2D eigenvalue weighted by molar-refractivity contribution is 5.89. The first-order valence-corrected chi connectivity index (χ1v) is 9.54. The van der Waals surface area contributed by atoms with Gasteiger partial charge in [-0.1, -0.05) is 31.9 Å². The van der Waals surface area contributed by atoms with Crippen molar-refractivity contribution in [2.45, 2.75) is 64.3 Å². The highest BCUT2D eigenvalue weighted by Gasteiger charge is 2.22. The molecule has 5 heteroatoms. The average Bonchev–Trinajstić information content (AvgIpc) is 2.60. The van der Waals surface area contributed by atoms with Crippen LogP contribution in [0.2, 0.25) is 0 Å². The molecule has 2 amide bonds. The number of hydrogen-bond donors (Lipinski definition) is 2. The third kappa shape index (κ3) is 5.44. The number of carbonyl (C=O) groups is 1. The molecular weight excluding hydrogens is 316 g/mol. The van der Waals surface area contributed by atoms with Gasteiger partial charge in [-0.05, 0) is 49.3 Å². The van der Waals surface area contributed by atoms with Crippen molar-refractivity contribution >= 4 is 11.7 Å². The summed E-state index contributed by atoms with van der Waals surface area (Å²) >= 11 is 0. The standard InChI is InChI=1S/C20H30N2O3/c1-15-5-2-9-19(11-15)25-14-16-6-3-7-17(12-16)21-20(24)22-10-4-8-18(23)13-22/h3,6-7,12,15,18-19,23H,2,4-5,8-11,13-14H2,1H3,(H,21,24)/t15-,18+,19-/m1/s1. The molecule has 2 N–H and O–H groups in total. The number of urea groups is 1.